The van der Waals surface area contributed by atoms with Crippen molar-refractivity contribution in [3.05, 3.63) is 41.4 Å². The molecule has 1 atom stereocenters. The lowest BCUT2D eigenvalue weighted by atomic mass is 10.1. The Labute approximate surface area is 101 Å². The Hall–Kier alpha value is -1.43. The van der Waals surface area contributed by atoms with Crippen LogP contribution in [-0.4, -0.2) is 12.2 Å². The molecule has 1 N–H and O–H groups in total. The molecule has 0 aromatic heterocycles. The number of rotatable bonds is 3. The average Bonchev–Trinajstić information content (AvgIpc) is 2.34. The second-order valence-electron chi connectivity index (χ2n) is 3.11. The molecular weight excluding hydrogens is 224 g/mol. The molecule has 0 aliphatic carbocycles. The number of aliphatic hydroxyl groups excluding tert-OH is 1. The van der Waals surface area contributed by atoms with E-state index in [1.807, 2.05) is 24.3 Å². The molecule has 2 nitrogen and oxygen atoms in total. The number of methoxy groups -OCH3 is 1. The van der Waals surface area contributed by atoms with E-state index in [1.165, 1.54) is 11.6 Å². The van der Waals surface area contributed by atoms with E-state index in [4.69, 9.17) is 16.3 Å². The van der Waals surface area contributed by atoms with E-state index in [9.17, 15) is 5.11 Å². The molecule has 0 bridgehead atoms. The third-order valence-corrected chi connectivity index (χ3v) is 2.17. The van der Waals surface area contributed by atoms with Gasteiger partial charge in [-0.3, -0.25) is 0 Å². The third kappa shape index (κ3) is 3.98. The summed E-state index contributed by atoms with van der Waals surface area (Å²) < 4.78 is 5.03. The van der Waals surface area contributed by atoms with Crippen LogP contribution in [0.1, 0.15) is 18.1 Å². The molecule has 0 aliphatic rings. The zero-order valence-corrected chi connectivity index (χ0v) is 9.74. The van der Waals surface area contributed by atoms with Gasteiger partial charge in [0.2, 0.25) is 0 Å². The molecule has 1 aromatic carbocycles. The molecule has 0 heterocycles. The van der Waals surface area contributed by atoms with Gasteiger partial charge in [-0.2, -0.15) is 0 Å². The molecule has 1 rings (SSSR count). The van der Waals surface area contributed by atoms with Crippen molar-refractivity contribution in [1.82, 2.24) is 0 Å². The molecule has 0 amide bonds. The largest absolute Gasteiger partial charge is 0.497 e. The molecule has 0 aliphatic heterocycles. The van der Waals surface area contributed by atoms with Crippen molar-refractivity contribution in [3.8, 4) is 17.6 Å². The number of hydrogen-bond donors (Lipinski definition) is 1. The van der Waals surface area contributed by atoms with Crippen LogP contribution < -0.4 is 4.74 Å². The molecule has 0 spiro atoms. The molecule has 1 aromatic rings. The van der Waals surface area contributed by atoms with Crippen molar-refractivity contribution in [2.75, 3.05) is 7.11 Å². The fourth-order valence-corrected chi connectivity index (χ4v) is 1.25. The Balaban J connectivity index is 2.59. The standard InChI is InChI=1S/C13H13ClO2/c1-16-12-8-6-11(7-9-12)13(15)5-3-2-4-10-14/h4,6-10,13,15H,5H2,1H3/b10-4+. The Morgan fingerprint density at radius 3 is 2.69 bits per heavy atom. The van der Waals surface area contributed by atoms with Gasteiger partial charge in [-0.05, 0) is 23.8 Å². The summed E-state index contributed by atoms with van der Waals surface area (Å²) in [6.07, 6.45) is 1.33. The highest BCUT2D eigenvalue weighted by Crippen LogP contribution is 2.19. The number of hydrogen-bond acceptors (Lipinski definition) is 2. The topological polar surface area (TPSA) is 29.5 Å². The summed E-state index contributed by atoms with van der Waals surface area (Å²) in [7, 11) is 1.61. The van der Waals surface area contributed by atoms with E-state index >= 15 is 0 Å². The summed E-state index contributed by atoms with van der Waals surface area (Å²) in [5.74, 6) is 6.29. The second kappa shape index (κ2) is 6.95. The van der Waals surface area contributed by atoms with Gasteiger partial charge in [0.05, 0.1) is 13.2 Å². The molecule has 84 valence electrons. The lowest BCUT2D eigenvalue weighted by molar-refractivity contribution is 0.184. The molecule has 0 radical (unpaired) electrons. The fraction of sp³-hybridized carbons (Fsp3) is 0.231. The van der Waals surface area contributed by atoms with Crippen LogP contribution in [0.2, 0.25) is 0 Å². The SMILES string of the molecule is COc1ccc(C(O)CC#C/C=C/Cl)cc1. The molecule has 1 unspecified atom stereocenters. The van der Waals surface area contributed by atoms with Crippen LogP contribution in [0, 0.1) is 11.8 Å². The van der Waals surface area contributed by atoms with E-state index in [-0.39, 0.29) is 0 Å². The minimum atomic E-state index is -0.581. The van der Waals surface area contributed by atoms with Gasteiger partial charge >= 0.3 is 0 Å². The van der Waals surface area contributed by atoms with Crippen molar-refractivity contribution >= 4 is 11.6 Å². The lowest BCUT2D eigenvalue weighted by Crippen LogP contribution is -1.95. The van der Waals surface area contributed by atoms with E-state index in [0.29, 0.717) is 6.42 Å². The molecule has 0 saturated heterocycles. The molecule has 16 heavy (non-hydrogen) atoms. The van der Waals surface area contributed by atoms with Gasteiger partial charge in [0.15, 0.2) is 0 Å². The first-order valence-electron chi connectivity index (χ1n) is 4.83. The van der Waals surface area contributed by atoms with Crippen molar-refractivity contribution in [2.24, 2.45) is 0 Å². The fourth-order valence-electron chi connectivity index (χ4n) is 1.19. The van der Waals surface area contributed by atoms with Gasteiger partial charge in [-0.1, -0.05) is 35.6 Å². The maximum atomic E-state index is 9.78. The van der Waals surface area contributed by atoms with Crippen LogP contribution in [-0.2, 0) is 0 Å². The van der Waals surface area contributed by atoms with E-state index in [0.717, 1.165) is 11.3 Å². The molecule has 3 heteroatoms. The maximum Gasteiger partial charge on any atom is 0.118 e. The highest BCUT2D eigenvalue weighted by atomic mass is 35.5. The van der Waals surface area contributed by atoms with Crippen LogP contribution in [0.3, 0.4) is 0 Å². The summed E-state index contributed by atoms with van der Waals surface area (Å²) in [6.45, 7) is 0. The third-order valence-electron chi connectivity index (χ3n) is 2.04. The van der Waals surface area contributed by atoms with Crippen LogP contribution in [0.4, 0.5) is 0 Å². The second-order valence-corrected chi connectivity index (χ2v) is 3.36. The average molecular weight is 237 g/mol. The maximum absolute atomic E-state index is 9.78. The van der Waals surface area contributed by atoms with Gasteiger partial charge in [0.1, 0.15) is 5.75 Å². The molecular formula is C13H13ClO2. The monoisotopic (exact) mass is 236 g/mol. The minimum Gasteiger partial charge on any atom is -0.497 e. The highest BCUT2D eigenvalue weighted by molar-refractivity contribution is 6.25. The highest BCUT2D eigenvalue weighted by Gasteiger charge is 2.04. The number of benzene rings is 1. The van der Waals surface area contributed by atoms with Crippen LogP contribution in [0.15, 0.2) is 35.9 Å². The summed E-state index contributed by atoms with van der Waals surface area (Å²) in [5, 5.41) is 9.78. The summed E-state index contributed by atoms with van der Waals surface area (Å²) >= 11 is 5.31. The lowest BCUT2D eigenvalue weighted by Gasteiger charge is -2.07. The minimum absolute atomic E-state index is 0.382. The Kier molecular flexibility index (Phi) is 5.49. The van der Waals surface area contributed by atoms with Crippen LogP contribution in [0.25, 0.3) is 0 Å². The normalized spacial score (nSPS) is 11.9. The summed E-state index contributed by atoms with van der Waals surface area (Å²) in [5.41, 5.74) is 2.16. The number of allylic oxidation sites excluding steroid dienone is 1. The van der Waals surface area contributed by atoms with E-state index in [2.05, 4.69) is 11.8 Å². The van der Waals surface area contributed by atoms with E-state index < -0.39 is 6.10 Å². The Bertz CT molecular complexity index is 398. The van der Waals surface area contributed by atoms with Gasteiger partial charge in [0.25, 0.3) is 0 Å². The number of halogens is 1. The van der Waals surface area contributed by atoms with Crippen LogP contribution >= 0.6 is 11.6 Å². The zero-order chi connectivity index (χ0) is 11.8. The molecule has 0 fully saturated rings. The number of ether oxygens (including phenoxy) is 1. The first kappa shape index (κ1) is 12.6. The van der Waals surface area contributed by atoms with Gasteiger partial charge < -0.3 is 9.84 Å². The predicted octanol–water partition coefficient (Wildman–Crippen LogP) is 2.87. The quantitative estimate of drug-likeness (QED) is 0.818. The predicted molar refractivity (Wildman–Crippen MR) is 65.3 cm³/mol. The van der Waals surface area contributed by atoms with Crippen molar-refractivity contribution < 1.29 is 9.84 Å². The Morgan fingerprint density at radius 1 is 1.44 bits per heavy atom. The van der Waals surface area contributed by atoms with Crippen LogP contribution in [0.5, 0.6) is 5.75 Å². The first-order valence-corrected chi connectivity index (χ1v) is 5.27. The summed E-state index contributed by atoms with van der Waals surface area (Å²) in [6, 6.07) is 7.26. The van der Waals surface area contributed by atoms with Crippen molar-refractivity contribution in [3.63, 3.8) is 0 Å². The zero-order valence-electron chi connectivity index (χ0n) is 8.98. The van der Waals surface area contributed by atoms with Gasteiger partial charge in [0, 0.05) is 12.0 Å². The van der Waals surface area contributed by atoms with Gasteiger partial charge in [-0.15, -0.1) is 0 Å². The van der Waals surface area contributed by atoms with Crippen molar-refractivity contribution in [2.45, 2.75) is 12.5 Å². The van der Waals surface area contributed by atoms with Gasteiger partial charge in [-0.25, -0.2) is 0 Å². The molecule has 0 saturated carbocycles. The van der Waals surface area contributed by atoms with Crippen molar-refractivity contribution in [1.29, 1.82) is 0 Å². The summed E-state index contributed by atoms with van der Waals surface area (Å²) in [4.78, 5) is 0. The Morgan fingerprint density at radius 2 is 2.12 bits per heavy atom. The number of aliphatic hydroxyl groups is 1. The smallest absolute Gasteiger partial charge is 0.118 e. The van der Waals surface area contributed by atoms with E-state index in [1.54, 1.807) is 7.11 Å². The first-order chi connectivity index (χ1) is 7.77.